The first-order chi connectivity index (χ1) is 5.74. The van der Waals surface area contributed by atoms with Crippen molar-refractivity contribution in [2.24, 2.45) is 11.3 Å². The van der Waals surface area contributed by atoms with Gasteiger partial charge in [-0.25, -0.2) is 0 Å². The van der Waals surface area contributed by atoms with Crippen molar-refractivity contribution in [2.45, 2.75) is 48.0 Å². The first-order valence-corrected chi connectivity index (χ1v) is 4.93. The molecule has 0 atom stereocenters. The zero-order chi connectivity index (χ0) is 10.6. The van der Waals surface area contributed by atoms with Crippen LogP contribution in [0.3, 0.4) is 0 Å². The van der Waals surface area contributed by atoms with Crippen LogP contribution >= 0.6 is 0 Å². The minimum Gasteiger partial charge on any atom is -0.299 e. The first-order valence-electron chi connectivity index (χ1n) is 4.93. The van der Waals surface area contributed by atoms with Crippen molar-refractivity contribution in [3.8, 4) is 0 Å². The molecule has 0 bridgehead atoms. The molecule has 13 heavy (non-hydrogen) atoms. The fourth-order valence-corrected chi connectivity index (χ4v) is 1.49. The lowest BCUT2D eigenvalue weighted by atomic mass is 9.83. The van der Waals surface area contributed by atoms with Crippen LogP contribution in [0, 0.1) is 11.3 Å². The van der Waals surface area contributed by atoms with E-state index in [1.54, 1.807) is 0 Å². The van der Waals surface area contributed by atoms with Gasteiger partial charge in [-0.3, -0.25) is 4.79 Å². The summed E-state index contributed by atoms with van der Waals surface area (Å²) in [6.07, 6.45) is 2.82. The third kappa shape index (κ3) is 5.62. The van der Waals surface area contributed by atoms with Gasteiger partial charge in [0.05, 0.1) is 0 Å². The van der Waals surface area contributed by atoms with E-state index in [4.69, 9.17) is 0 Å². The molecule has 1 heteroatoms. The molecular weight excluding hydrogens is 160 g/mol. The molecule has 0 spiro atoms. The lowest BCUT2D eigenvalue weighted by molar-refractivity contribution is -0.123. The Kier molecular flexibility index (Phi) is 4.38. The van der Waals surface area contributed by atoms with Gasteiger partial charge in [-0.05, 0) is 19.3 Å². The van der Waals surface area contributed by atoms with E-state index in [-0.39, 0.29) is 11.3 Å². The highest BCUT2D eigenvalue weighted by atomic mass is 16.1. The van der Waals surface area contributed by atoms with Gasteiger partial charge in [-0.1, -0.05) is 39.3 Å². The van der Waals surface area contributed by atoms with Gasteiger partial charge >= 0.3 is 0 Å². The summed E-state index contributed by atoms with van der Waals surface area (Å²) >= 11 is 0. The van der Waals surface area contributed by atoms with Crippen molar-refractivity contribution >= 4 is 5.78 Å². The number of rotatable bonds is 4. The van der Waals surface area contributed by atoms with E-state index in [1.165, 1.54) is 5.57 Å². The van der Waals surface area contributed by atoms with Crippen LogP contribution in [0.5, 0.6) is 0 Å². The van der Waals surface area contributed by atoms with Crippen molar-refractivity contribution in [3.63, 3.8) is 0 Å². The van der Waals surface area contributed by atoms with Gasteiger partial charge in [0.15, 0.2) is 0 Å². The Morgan fingerprint density at radius 2 is 1.77 bits per heavy atom. The fourth-order valence-electron chi connectivity index (χ4n) is 1.49. The smallest absolute Gasteiger partial charge is 0.136 e. The number of carbonyl (C=O) groups is 1. The van der Waals surface area contributed by atoms with E-state index in [0.29, 0.717) is 12.2 Å². The second kappa shape index (κ2) is 4.59. The van der Waals surface area contributed by atoms with Crippen LogP contribution in [0.4, 0.5) is 0 Å². The van der Waals surface area contributed by atoms with Crippen LogP contribution in [0.2, 0.25) is 0 Å². The highest BCUT2D eigenvalue weighted by Gasteiger charge is 2.20. The summed E-state index contributed by atoms with van der Waals surface area (Å²) < 4.78 is 0. The molecule has 0 aliphatic rings. The third-order valence-corrected chi connectivity index (χ3v) is 1.95. The Labute approximate surface area is 82.2 Å². The van der Waals surface area contributed by atoms with Crippen LogP contribution in [-0.2, 0) is 4.79 Å². The Bertz CT molecular complexity index is 205. The summed E-state index contributed by atoms with van der Waals surface area (Å²) in [7, 11) is 0. The van der Waals surface area contributed by atoms with Crippen molar-refractivity contribution in [1.82, 2.24) is 0 Å². The topological polar surface area (TPSA) is 17.1 Å². The average Bonchev–Trinajstić information content (AvgIpc) is 1.81. The number of Topliss-reactive ketones (excluding diaryl/α,β-unsaturated/α-hetero) is 1. The van der Waals surface area contributed by atoms with Gasteiger partial charge < -0.3 is 0 Å². The lowest BCUT2D eigenvalue weighted by Gasteiger charge is -2.21. The summed E-state index contributed by atoms with van der Waals surface area (Å²) in [6, 6.07) is 0. The van der Waals surface area contributed by atoms with E-state index >= 15 is 0 Å². The van der Waals surface area contributed by atoms with Crippen LogP contribution < -0.4 is 0 Å². The molecule has 0 saturated carbocycles. The number of hydrogen-bond donors (Lipinski definition) is 0. The quantitative estimate of drug-likeness (QED) is 0.607. The summed E-state index contributed by atoms with van der Waals surface area (Å²) in [5.41, 5.74) is 1.29. The molecule has 1 nitrogen and oxygen atoms in total. The van der Waals surface area contributed by atoms with Gasteiger partial charge in [0.2, 0.25) is 0 Å². The maximum Gasteiger partial charge on any atom is 0.136 e. The molecule has 0 aliphatic heterocycles. The zero-order valence-electron chi connectivity index (χ0n) is 9.77. The zero-order valence-corrected chi connectivity index (χ0v) is 9.77. The third-order valence-electron chi connectivity index (χ3n) is 1.95. The fraction of sp³-hybridized carbons (Fsp3) is 0.750. The van der Waals surface area contributed by atoms with Gasteiger partial charge in [-0.15, -0.1) is 0 Å². The van der Waals surface area contributed by atoms with Crippen molar-refractivity contribution in [2.75, 3.05) is 0 Å². The highest BCUT2D eigenvalue weighted by molar-refractivity contribution is 5.81. The molecule has 0 aromatic heterocycles. The Morgan fingerprint density at radius 3 is 2.08 bits per heavy atom. The molecule has 0 radical (unpaired) electrons. The summed E-state index contributed by atoms with van der Waals surface area (Å²) in [6.45, 7) is 12.3. The van der Waals surface area contributed by atoms with Gasteiger partial charge in [-0.2, -0.15) is 0 Å². The molecule has 0 amide bonds. The molecule has 0 saturated heterocycles. The van der Waals surface area contributed by atoms with Gasteiger partial charge in [0, 0.05) is 12.3 Å². The predicted molar refractivity (Wildman–Crippen MR) is 57.7 cm³/mol. The van der Waals surface area contributed by atoms with E-state index in [9.17, 15) is 4.79 Å². The normalized spacial score (nSPS) is 11.6. The number of ketones is 1. The molecule has 76 valence electrons. The number of carbonyl (C=O) groups excluding carboxylic acids is 1. The minimum atomic E-state index is 0.0141. The monoisotopic (exact) mass is 182 g/mol. The second-order valence-electron chi connectivity index (χ2n) is 5.01. The van der Waals surface area contributed by atoms with Crippen molar-refractivity contribution in [3.05, 3.63) is 11.6 Å². The molecular formula is C12H22O. The van der Waals surface area contributed by atoms with E-state index in [2.05, 4.69) is 33.8 Å². The number of allylic oxidation sites excluding steroid dienone is 2. The predicted octanol–water partition coefficient (Wildman–Crippen LogP) is 3.59. The second-order valence-corrected chi connectivity index (χ2v) is 5.01. The molecule has 0 aromatic rings. The Morgan fingerprint density at radius 1 is 1.31 bits per heavy atom. The Hall–Kier alpha value is -0.590. The van der Waals surface area contributed by atoms with Gasteiger partial charge in [0.25, 0.3) is 0 Å². The van der Waals surface area contributed by atoms with Gasteiger partial charge in [0.1, 0.15) is 5.78 Å². The van der Waals surface area contributed by atoms with Crippen molar-refractivity contribution in [1.29, 1.82) is 0 Å². The van der Waals surface area contributed by atoms with Crippen LogP contribution in [-0.4, -0.2) is 5.78 Å². The molecule has 0 aromatic carbocycles. The maximum atomic E-state index is 11.5. The first kappa shape index (κ1) is 12.4. The Balaban J connectivity index is 4.34. The SMILES string of the molecule is CC(C)=CC(C)(C)CC(=O)C(C)C. The molecule has 0 rings (SSSR count). The maximum absolute atomic E-state index is 11.5. The summed E-state index contributed by atoms with van der Waals surface area (Å²) in [4.78, 5) is 11.5. The number of hydrogen-bond acceptors (Lipinski definition) is 1. The van der Waals surface area contributed by atoms with Crippen molar-refractivity contribution < 1.29 is 4.79 Å². The van der Waals surface area contributed by atoms with E-state index < -0.39 is 0 Å². The summed E-state index contributed by atoms with van der Waals surface area (Å²) in [5.74, 6) is 0.507. The molecule has 0 N–H and O–H groups in total. The van der Waals surface area contributed by atoms with Crippen LogP contribution in [0.15, 0.2) is 11.6 Å². The van der Waals surface area contributed by atoms with Crippen LogP contribution in [0.25, 0.3) is 0 Å². The van der Waals surface area contributed by atoms with Crippen LogP contribution in [0.1, 0.15) is 48.0 Å². The molecule has 0 heterocycles. The van der Waals surface area contributed by atoms with E-state index in [0.717, 1.165) is 0 Å². The molecule has 0 aliphatic carbocycles. The molecule has 0 fully saturated rings. The largest absolute Gasteiger partial charge is 0.299 e. The average molecular weight is 182 g/mol. The molecule has 0 unspecified atom stereocenters. The standard InChI is InChI=1S/C12H22O/c1-9(2)7-12(5,6)8-11(13)10(3)4/h7,10H,8H2,1-6H3. The summed E-state index contributed by atoms with van der Waals surface area (Å²) in [5, 5.41) is 0. The minimum absolute atomic E-state index is 0.0141. The highest BCUT2D eigenvalue weighted by Crippen LogP contribution is 2.25. The van der Waals surface area contributed by atoms with E-state index in [1.807, 2.05) is 13.8 Å². The lowest BCUT2D eigenvalue weighted by Crippen LogP contribution is -2.18.